The van der Waals surface area contributed by atoms with Crippen LogP contribution in [0.4, 0.5) is 10.8 Å². The van der Waals surface area contributed by atoms with Crippen molar-refractivity contribution in [2.75, 3.05) is 37.0 Å². The standard InChI is InChI=1S/C17H23N5OS.HI/c1-23-15-7-3-2-6-14(15)21-16(18)19-9-8-13-12-24-17(20-13)22-10-4-5-11-22;/h2-3,6-7,12H,4-5,8-11H2,1H3,(H3,18,19,21);1H. The first-order valence-corrected chi connectivity index (χ1v) is 9.03. The number of guanidine groups is 1. The summed E-state index contributed by atoms with van der Waals surface area (Å²) in [7, 11) is 1.63. The molecule has 0 atom stereocenters. The maximum Gasteiger partial charge on any atom is 0.193 e. The van der Waals surface area contributed by atoms with Gasteiger partial charge in [0.2, 0.25) is 0 Å². The normalized spacial score (nSPS) is 14.3. The van der Waals surface area contributed by atoms with Crippen molar-refractivity contribution in [3.8, 4) is 5.75 Å². The van der Waals surface area contributed by atoms with Crippen molar-refractivity contribution in [1.82, 2.24) is 4.98 Å². The van der Waals surface area contributed by atoms with Gasteiger partial charge in [0.1, 0.15) is 5.75 Å². The third kappa shape index (κ3) is 5.46. The molecule has 0 amide bonds. The highest BCUT2D eigenvalue weighted by Gasteiger charge is 2.15. The van der Waals surface area contributed by atoms with Gasteiger partial charge in [-0.05, 0) is 25.0 Å². The summed E-state index contributed by atoms with van der Waals surface area (Å²) in [5.74, 6) is 1.12. The molecule has 1 aromatic carbocycles. The minimum atomic E-state index is 0. The van der Waals surface area contributed by atoms with Gasteiger partial charge in [-0.2, -0.15) is 0 Å². The summed E-state index contributed by atoms with van der Waals surface area (Å²) in [6, 6.07) is 7.62. The zero-order valence-corrected chi connectivity index (χ0v) is 17.4. The van der Waals surface area contributed by atoms with Crippen molar-refractivity contribution >= 4 is 52.1 Å². The van der Waals surface area contributed by atoms with Gasteiger partial charge in [-0.1, -0.05) is 12.1 Å². The number of nitrogens with one attached hydrogen (secondary N) is 1. The molecule has 8 heteroatoms. The number of halogens is 1. The Morgan fingerprint density at radius 2 is 2.12 bits per heavy atom. The van der Waals surface area contributed by atoms with Crippen LogP contribution in [0.1, 0.15) is 18.5 Å². The molecule has 0 bridgehead atoms. The van der Waals surface area contributed by atoms with Gasteiger partial charge >= 0.3 is 0 Å². The molecule has 3 rings (SSSR count). The van der Waals surface area contributed by atoms with Crippen LogP contribution in [0.2, 0.25) is 0 Å². The largest absolute Gasteiger partial charge is 0.495 e. The number of methoxy groups -OCH3 is 1. The maximum atomic E-state index is 5.96. The molecule has 0 saturated carbocycles. The molecule has 0 radical (unpaired) electrons. The molecule has 0 aliphatic carbocycles. The first-order chi connectivity index (χ1) is 11.8. The van der Waals surface area contributed by atoms with E-state index in [9.17, 15) is 0 Å². The van der Waals surface area contributed by atoms with E-state index in [1.54, 1.807) is 18.4 Å². The Balaban J connectivity index is 0.00000225. The maximum absolute atomic E-state index is 5.96. The van der Waals surface area contributed by atoms with Gasteiger partial charge < -0.3 is 20.7 Å². The van der Waals surface area contributed by atoms with Gasteiger partial charge in [0.25, 0.3) is 0 Å². The SMILES string of the molecule is COc1ccccc1NC(N)=NCCc1csc(N2CCCC2)n1.I. The molecular weight excluding hydrogens is 449 g/mol. The van der Waals surface area contributed by atoms with E-state index >= 15 is 0 Å². The van der Waals surface area contributed by atoms with Crippen LogP contribution in [0.5, 0.6) is 5.75 Å². The smallest absolute Gasteiger partial charge is 0.193 e. The van der Waals surface area contributed by atoms with Gasteiger partial charge in [-0.15, -0.1) is 35.3 Å². The molecule has 3 N–H and O–H groups in total. The summed E-state index contributed by atoms with van der Waals surface area (Å²) >= 11 is 1.72. The lowest BCUT2D eigenvalue weighted by Gasteiger charge is -2.12. The highest BCUT2D eigenvalue weighted by molar-refractivity contribution is 14.0. The van der Waals surface area contributed by atoms with Crippen LogP contribution in [0.25, 0.3) is 0 Å². The first-order valence-electron chi connectivity index (χ1n) is 8.15. The number of thiazole rings is 1. The Bertz CT molecular complexity index is 700. The first kappa shape index (κ1) is 19.8. The van der Waals surface area contributed by atoms with E-state index in [4.69, 9.17) is 15.5 Å². The molecule has 1 saturated heterocycles. The molecule has 2 aromatic rings. The molecule has 0 spiro atoms. The predicted octanol–water partition coefficient (Wildman–Crippen LogP) is 3.34. The van der Waals surface area contributed by atoms with Gasteiger partial charge in [-0.3, -0.25) is 4.99 Å². The fourth-order valence-corrected chi connectivity index (χ4v) is 3.59. The Hall–Kier alpha value is -1.55. The van der Waals surface area contributed by atoms with Crippen LogP contribution in [-0.4, -0.2) is 37.7 Å². The fourth-order valence-electron chi connectivity index (χ4n) is 2.68. The van der Waals surface area contributed by atoms with Crippen LogP contribution in [0.3, 0.4) is 0 Å². The van der Waals surface area contributed by atoms with Crippen molar-refractivity contribution in [2.24, 2.45) is 10.7 Å². The molecule has 1 aliphatic heterocycles. The second kappa shape index (κ2) is 9.81. The minimum absolute atomic E-state index is 0. The van der Waals surface area contributed by atoms with E-state index in [2.05, 4.69) is 20.6 Å². The van der Waals surface area contributed by atoms with Crippen molar-refractivity contribution in [2.45, 2.75) is 19.3 Å². The Kier molecular flexibility index (Phi) is 7.76. The van der Waals surface area contributed by atoms with E-state index in [0.717, 1.165) is 41.8 Å². The number of hydrogen-bond donors (Lipinski definition) is 2. The number of rotatable bonds is 6. The van der Waals surface area contributed by atoms with E-state index in [0.29, 0.717) is 12.5 Å². The number of benzene rings is 1. The zero-order chi connectivity index (χ0) is 16.8. The molecule has 2 heterocycles. The molecule has 25 heavy (non-hydrogen) atoms. The van der Waals surface area contributed by atoms with Crippen LogP contribution < -0.4 is 20.7 Å². The van der Waals surface area contributed by atoms with Gasteiger partial charge in [0.15, 0.2) is 11.1 Å². The van der Waals surface area contributed by atoms with Crippen molar-refractivity contribution in [1.29, 1.82) is 0 Å². The van der Waals surface area contributed by atoms with E-state index < -0.39 is 0 Å². The predicted molar refractivity (Wildman–Crippen MR) is 116 cm³/mol. The third-order valence-corrected chi connectivity index (χ3v) is 4.89. The lowest BCUT2D eigenvalue weighted by atomic mass is 10.3. The zero-order valence-electron chi connectivity index (χ0n) is 14.3. The number of hydrogen-bond acceptors (Lipinski definition) is 5. The molecule has 136 valence electrons. The lowest BCUT2D eigenvalue weighted by molar-refractivity contribution is 0.417. The van der Waals surface area contributed by atoms with Crippen molar-refractivity contribution in [3.63, 3.8) is 0 Å². The van der Waals surface area contributed by atoms with Crippen molar-refractivity contribution < 1.29 is 4.74 Å². The Morgan fingerprint density at radius 1 is 1.36 bits per heavy atom. The summed E-state index contributed by atoms with van der Waals surface area (Å²) in [4.78, 5) is 11.4. The summed E-state index contributed by atoms with van der Waals surface area (Å²) in [5.41, 5.74) is 7.85. The van der Waals surface area contributed by atoms with Gasteiger partial charge in [0.05, 0.1) is 18.5 Å². The van der Waals surface area contributed by atoms with Crippen LogP contribution >= 0.6 is 35.3 Å². The topological polar surface area (TPSA) is 75.8 Å². The minimum Gasteiger partial charge on any atom is -0.495 e. The average molecular weight is 473 g/mol. The molecule has 0 unspecified atom stereocenters. The number of aliphatic imine (C=N–C) groups is 1. The van der Waals surface area contributed by atoms with Crippen molar-refractivity contribution in [3.05, 3.63) is 35.3 Å². The summed E-state index contributed by atoms with van der Waals surface area (Å²) < 4.78 is 5.29. The van der Waals surface area contributed by atoms with Gasteiger partial charge in [0, 0.05) is 31.4 Å². The highest BCUT2D eigenvalue weighted by Crippen LogP contribution is 2.24. The molecule has 1 fully saturated rings. The second-order valence-corrected chi connectivity index (χ2v) is 6.49. The van der Waals surface area contributed by atoms with Crippen LogP contribution in [-0.2, 0) is 6.42 Å². The summed E-state index contributed by atoms with van der Waals surface area (Å²) in [5, 5.41) is 6.32. The number of ether oxygens (including phenoxy) is 1. The monoisotopic (exact) mass is 473 g/mol. The number of para-hydroxylation sites is 2. The lowest BCUT2D eigenvalue weighted by Crippen LogP contribution is -2.23. The fraction of sp³-hybridized carbons (Fsp3) is 0.412. The van der Waals surface area contributed by atoms with Gasteiger partial charge in [-0.25, -0.2) is 4.98 Å². The quantitative estimate of drug-likeness (QED) is 0.383. The molecular formula is C17H24IN5OS. The molecule has 1 aliphatic rings. The molecule has 6 nitrogen and oxygen atoms in total. The van der Waals surface area contributed by atoms with E-state index in [-0.39, 0.29) is 24.0 Å². The Morgan fingerprint density at radius 3 is 2.88 bits per heavy atom. The number of anilines is 2. The van der Waals surface area contributed by atoms with E-state index in [1.165, 1.54) is 12.8 Å². The third-order valence-electron chi connectivity index (χ3n) is 3.94. The van der Waals surface area contributed by atoms with Crippen LogP contribution in [0, 0.1) is 0 Å². The number of nitrogens with zero attached hydrogens (tertiary/aromatic N) is 3. The summed E-state index contributed by atoms with van der Waals surface area (Å²) in [6.07, 6.45) is 3.33. The Labute approximate surface area is 169 Å². The second-order valence-electron chi connectivity index (χ2n) is 5.66. The average Bonchev–Trinajstić information content (AvgIpc) is 3.26. The number of aromatic nitrogens is 1. The molecule has 1 aromatic heterocycles. The van der Waals surface area contributed by atoms with E-state index in [1.807, 2.05) is 24.3 Å². The van der Waals surface area contributed by atoms with Crippen LogP contribution in [0.15, 0.2) is 34.6 Å². The number of nitrogens with two attached hydrogens (primary N) is 1. The summed E-state index contributed by atoms with van der Waals surface area (Å²) in [6.45, 7) is 2.86. The highest BCUT2D eigenvalue weighted by atomic mass is 127.